The highest BCUT2D eigenvalue weighted by Crippen LogP contribution is 2.22. The van der Waals surface area contributed by atoms with Crippen molar-refractivity contribution in [2.75, 3.05) is 31.6 Å². The van der Waals surface area contributed by atoms with Gasteiger partial charge in [-0.25, -0.2) is 0 Å². The van der Waals surface area contributed by atoms with Crippen LogP contribution in [0.5, 0.6) is 0 Å². The Hall–Kier alpha value is -1.92. The van der Waals surface area contributed by atoms with E-state index in [1.165, 1.54) is 0 Å². The van der Waals surface area contributed by atoms with Crippen molar-refractivity contribution in [3.05, 3.63) is 29.8 Å². The van der Waals surface area contributed by atoms with Gasteiger partial charge >= 0.3 is 0 Å². The van der Waals surface area contributed by atoms with E-state index in [1.807, 2.05) is 4.90 Å². The van der Waals surface area contributed by atoms with Crippen molar-refractivity contribution in [2.45, 2.75) is 38.1 Å². The lowest BCUT2D eigenvalue weighted by Gasteiger charge is -2.32. The van der Waals surface area contributed by atoms with Crippen LogP contribution in [0.3, 0.4) is 0 Å². The number of piperidine rings is 1. The first-order valence-electron chi connectivity index (χ1n) is 9.05. The maximum Gasteiger partial charge on any atom is 0.253 e. The summed E-state index contributed by atoms with van der Waals surface area (Å²) >= 11 is 0. The fraction of sp³-hybridized carbons (Fsp3) is 0.579. The van der Waals surface area contributed by atoms with Gasteiger partial charge in [-0.15, -0.1) is 0 Å². The molecule has 2 fully saturated rings. The van der Waals surface area contributed by atoms with Gasteiger partial charge in [-0.2, -0.15) is 0 Å². The van der Waals surface area contributed by atoms with E-state index in [9.17, 15) is 9.59 Å². The Bertz CT molecular complexity index is 615. The van der Waals surface area contributed by atoms with E-state index in [4.69, 9.17) is 10.5 Å². The van der Waals surface area contributed by atoms with Crippen LogP contribution in [0.4, 0.5) is 5.69 Å². The third-order valence-electron chi connectivity index (χ3n) is 5.30. The number of rotatable bonds is 3. The molecule has 0 spiro atoms. The molecular weight excluding hydrogens is 318 g/mol. The number of nitrogens with zero attached hydrogens (tertiary/aromatic N) is 1. The maximum absolute atomic E-state index is 12.5. The van der Waals surface area contributed by atoms with E-state index in [2.05, 4.69) is 12.2 Å². The summed E-state index contributed by atoms with van der Waals surface area (Å²) in [5, 5.41) is 2.86. The third kappa shape index (κ3) is 4.19. The van der Waals surface area contributed by atoms with E-state index >= 15 is 0 Å². The molecule has 2 aliphatic rings. The zero-order chi connectivity index (χ0) is 17.9. The van der Waals surface area contributed by atoms with Crippen molar-refractivity contribution in [3.8, 4) is 0 Å². The molecule has 6 nitrogen and oxygen atoms in total. The van der Waals surface area contributed by atoms with Crippen molar-refractivity contribution < 1.29 is 14.3 Å². The molecule has 0 saturated carbocycles. The molecule has 25 heavy (non-hydrogen) atoms. The molecular formula is C19H27N3O3. The first kappa shape index (κ1) is 17.9. The number of hydrogen-bond donors (Lipinski definition) is 2. The van der Waals surface area contributed by atoms with Crippen LogP contribution in [-0.4, -0.2) is 48.6 Å². The van der Waals surface area contributed by atoms with Crippen LogP contribution < -0.4 is 11.1 Å². The van der Waals surface area contributed by atoms with E-state index in [0.29, 0.717) is 43.2 Å². The number of carbonyl (C=O) groups excluding carboxylic acids is 2. The minimum atomic E-state index is -0.878. The molecule has 0 atom stereocenters. The van der Waals surface area contributed by atoms with Gasteiger partial charge < -0.3 is 20.7 Å². The van der Waals surface area contributed by atoms with Crippen LogP contribution in [0.2, 0.25) is 0 Å². The molecule has 6 heteroatoms. The average Bonchev–Trinajstić information content (AvgIpc) is 2.63. The monoisotopic (exact) mass is 345 g/mol. The topological polar surface area (TPSA) is 84.7 Å². The van der Waals surface area contributed by atoms with Crippen LogP contribution in [-0.2, 0) is 9.53 Å². The van der Waals surface area contributed by atoms with Crippen molar-refractivity contribution in [1.82, 2.24) is 4.90 Å². The van der Waals surface area contributed by atoms with Crippen LogP contribution >= 0.6 is 0 Å². The number of carbonyl (C=O) groups is 2. The Labute approximate surface area is 148 Å². The Morgan fingerprint density at radius 3 is 2.36 bits per heavy atom. The normalized spacial score (nSPS) is 21.0. The SMILES string of the molecule is CC1CCN(C(=O)c2ccc(NC(=O)C3(N)CCOCC3)cc2)CC1. The molecule has 2 aliphatic heterocycles. The van der Waals surface area contributed by atoms with Crippen LogP contribution in [0.1, 0.15) is 43.0 Å². The van der Waals surface area contributed by atoms with Crippen LogP contribution in [0.25, 0.3) is 0 Å². The number of nitrogens with one attached hydrogen (secondary N) is 1. The van der Waals surface area contributed by atoms with Gasteiger partial charge in [-0.05, 0) is 55.9 Å². The standard InChI is InChI=1S/C19H27N3O3/c1-14-6-10-22(11-7-14)17(23)15-2-4-16(5-3-15)21-18(24)19(20)8-12-25-13-9-19/h2-5,14H,6-13,20H2,1H3,(H,21,24). The van der Waals surface area contributed by atoms with Crippen LogP contribution in [0, 0.1) is 5.92 Å². The molecule has 1 aromatic rings. The molecule has 136 valence electrons. The summed E-state index contributed by atoms with van der Waals surface area (Å²) in [5.41, 5.74) is 6.62. The highest BCUT2D eigenvalue weighted by Gasteiger charge is 2.35. The Morgan fingerprint density at radius 1 is 1.16 bits per heavy atom. The molecule has 0 radical (unpaired) electrons. The summed E-state index contributed by atoms with van der Waals surface area (Å²) in [6, 6.07) is 7.06. The first-order valence-corrected chi connectivity index (χ1v) is 9.05. The molecule has 0 bridgehead atoms. The first-order chi connectivity index (χ1) is 12.0. The zero-order valence-corrected chi connectivity index (χ0v) is 14.8. The van der Waals surface area contributed by atoms with Gasteiger partial charge in [0.15, 0.2) is 0 Å². The van der Waals surface area contributed by atoms with Crippen LogP contribution in [0.15, 0.2) is 24.3 Å². The lowest BCUT2D eigenvalue weighted by Crippen LogP contribution is -2.54. The Kier molecular flexibility index (Phi) is 5.39. The number of likely N-dealkylation sites (tertiary alicyclic amines) is 1. The summed E-state index contributed by atoms with van der Waals surface area (Å²) in [4.78, 5) is 26.9. The van der Waals surface area contributed by atoms with Gasteiger partial charge in [-0.3, -0.25) is 9.59 Å². The lowest BCUT2D eigenvalue weighted by molar-refractivity contribution is -0.124. The van der Waals surface area contributed by atoms with Gasteiger partial charge in [0.25, 0.3) is 5.91 Å². The van der Waals surface area contributed by atoms with Crippen molar-refractivity contribution >= 4 is 17.5 Å². The molecule has 0 aliphatic carbocycles. The average molecular weight is 345 g/mol. The molecule has 3 N–H and O–H groups in total. The number of benzene rings is 1. The minimum Gasteiger partial charge on any atom is -0.381 e. The lowest BCUT2D eigenvalue weighted by atomic mass is 9.90. The molecule has 2 amide bonds. The highest BCUT2D eigenvalue weighted by atomic mass is 16.5. The molecule has 2 saturated heterocycles. The molecule has 1 aromatic carbocycles. The highest BCUT2D eigenvalue weighted by molar-refractivity contribution is 5.99. The second kappa shape index (κ2) is 7.54. The summed E-state index contributed by atoms with van der Waals surface area (Å²) in [6.07, 6.45) is 3.15. The smallest absolute Gasteiger partial charge is 0.253 e. The van der Waals surface area contributed by atoms with Gasteiger partial charge in [-0.1, -0.05) is 6.92 Å². The van der Waals surface area contributed by atoms with E-state index in [0.717, 1.165) is 25.9 Å². The van der Waals surface area contributed by atoms with Crippen molar-refractivity contribution in [2.24, 2.45) is 11.7 Å². The van der Waals surface area contributed by atoms with Gasteiger partial charge in [0.05, 0.1) is 0 Å². The second-order valence-electron chi connectivity index (χ2n) is 7.27. The zero-order valence-electron chi connectivity index (χ0n) is 14.8. The van der Waals surface area contributed by atoms with Gasteiger partial charge in [0, 0.05) is 37.6 Å². The fourth-order valence-electron chi connectivity index (χ4n) is 3.31. The maximum atomic E-state index is 12.5. The minimum absolute atomic E-state index is 0.0597. The predicted molar refractivity (Wildman–Crippen MR) is 96.3 cm³/mol. The molecule has 0 unspecified atom stereocenters. The Morgan fingerprint density at radius 2 is 1.76 bits per heavy atom. The summed E-state index contributed by atoms with van der Waals surface area (Å²) in [7, 11) is 0. The van der Waals surface area contributed by atoms with E-state index in [1.54, 1.807) is 24.3 Å². The number of nitrogens with two attached hydrogens (primary N) is 1. The molecule has 3 rings (SSSR count). The van der Waals surface area contributed by atoms with Gasteiger partial charge in [0.2, 0.25) is 5.91 Å². The number of amides is 2. The Balaban J connectivity index is 1.60. The van der Waals surface area contributed by atoms with Crippen molar-refractivity contribution in [3.63, 3.8) is 0 Å². The van der Waals surface area contributed by atoms with Gasteiger partial charge in [0.1, 0.15) is 5.54 Å². The largest absolute Gasteiger partial charge is 0.381 e. The van der Waals surface area contributed by atoms with Crippen molar-refractivity contribution in [1.29, 1.82) is 0 Å². The number of hydrogen-bond acceptors (Lipinski definition) is 4. The summed E-state index contributed by atoms with van der Waals surface area (Å²) < 4.78 is 5.27. The fourth-order valence-corrected chi connectivity index (χ4v) is 3.31. The number of ether oxygens (including phenoxy) is 1. The van der Waals surface area contributed by atoms with E-state index in [-0.39, 0.29) is 11.8 Å². The summed E-state index contributed by atoms with van der Waals surface area (Å²) in [5.74, 6) is 0.555. The second-order valence-corrected chi connectivity index (χ2v) is 7.27. The molecule has 2 heterocycles. The molecule has 0 aromatic heterocycles. The van der Waals surface area contributed by atoms with E-state index < -0.39 is 5.54 Å². The quantitative estimate of drug-likeness (QED) is 0.877. The third-order valence-corrected chi connectivity index (χ3v) is 5.30. The number of anilines is 1. The predicted octanol–water partition coefficient (Wildman–Crippen LogP) is 2.01. The summed E-state index contributed by atoms with van der Waals surface area (Å²) in [6.45, 7) is 4.87.